The minimum Gasteiger partial charge on any atom is -0.237 e. The smallest absolute Gasteiger partial charge is 0.237 e. The summed E-state index contributed by atoms with van der Waals surface area (Å²) in [5.41, 5.74) is 2.33. The quantitative estimate of drug-likeness (QED) is 0.748. The molecule has 2 aromatic carbocycles. The van der Waals surface area contributed by atoms with Gasteiger partial charge in [-0.15, -0.1) is 0 Å². The van der Waals surface area contributed by atoms with Crippen molar-refractivity contribution in [1.82, 2.24) is 9.34 Å². The van der Waals surface area contributed by atoms with Crippen LogP contribution in [0.2, 0.25) is 0 Å². The van der Waals surface area contributed by atoms with E-state index in [0.717, 1.165) is 0 Å². The predicted octanol–water partition coefficient (Wildman–Crippen LogP) is 4.54. The highest BCUT2D eigenvalue weighted by atomic mass is 31.2. The summed E-state index contributed by atoms with van der Waals surface area (Å²) in [5.74, 6) is 0. The van der Waals surface area contributed by atoms with E-state index in [1.165, 1.54) is 11.1 Å². The number of halogens is 1. The zero-order valence-electron chi connectivity index (χ0n) is 11.6. The molecule has 0 bridgehead atoms. The van der Waals surface area contributed by atoms with Gasteiger partial charge in [-0.1, -0.05) is 60.7 Å². The van der Waals surface area contributed by atoms with Crippen LogP contribution in [-0.4, -0.2) is 23.4 Å². The maximum atomic E-state index is 14.5. The van der Waals surface area contributed by atoms with Gasteiger partial charge in [0.15, 0.2) is 0 Å². The molecule has 2 aromatic rings. The van der Waals surface area contributed by atoms with Crippen molar-refractivity contribution in [2.45, 2.75) is 12.1 Å². The Labute approximate surface area is 120 Å². The van der Waals surface area contributed by atoms with Crippen molar-refractivity contribution in [3.05, 3.63) is 71.8 Å². The first-order chi connectivity index (χ1) is 9.70. The summed E-state index contributed by atoms with van der Waals surface area (Å²) in [7, 11) is 2.01. The predicted molar refractivity (Wildman–Crippen MR) is 81.9 cm³/mol. The Morgan fingerprint density at radius 3 is 1.45 bits per heavy atom. The third kappa shape index (κ3) is 2.26. The van der Waals surface area contributed by atoms with Crippen molar-refractivity contribution in [1.29, 1.82) is 0 Å². The van der Waals surface area contributed by atoms with Gasteiger partial charge >= 0.3 is 0 Å². The molecular formula is C16H18FN2P. The molecular weight excluding hydrogens is 270 g/mol. The van der Waals surface area contributed by atoms with E-state index in [-0.39, 0.29) is 12.1 Å². The Bertz CT molecular complexity index is 512. The molecule has 20 heavy (non-hydrogen) atoms. The highest BCUT2D eigenvalue weighted by Crippen LogP contribution is 2.63. The van der Waals surface area contributed by atoms with Crippen LogP contribution in [0.25, 0.3) is 0 Å². The topological polar surface area (TPSA) is 6.48 Å². The molecule has 2 atom stereocenters. The molecule has 2 nitrogen and oxygen atoms in total. The van der Waals surface area contributed by atoms with E-state index in [4.69, 9.17) is 0 Å². The van der Waals surface area contributed by atoms with Crippen LogP contribution < -0.4 is 0 Å². The number of hydrogen-bond acceptors (Lipinski definition) is 2. The maximum absolute atomic E-state index is 14.5. The lowest BCUT2D eigenvalue weighted by Gasteiger charge is -2.25. The molecule has 1 heterocycles. The second-order valence-electron chi connectivity index (χ2n) is 5.10. The van der Waals surface area contributed by atoms with Crippen LogP contribution in [0, 0.1) is 0 Å². The van der Waals surface area contributed by atoms with Crippen molar-refractivity contribution in [2.75, 3.05) is 14.1 Å². The van der Waals surface area contributed by atoms with E-state index in [0.29, 0.717) is 0 Å². The Kier molecular flexibility index (Phi) is 3.84. The summed E-state index contributed by atoms with van der Waals surface area (Å²) in [4.78, 5) is 0. The lowest BCUT2D eigenvalue weighted by Crippen LogP contribution is -2.20. The Morgan fingerprint density at radius 1 is 0.750 bits per heavy atom. The van der Waals surface area contributed by atoms with E-state index < -0.39 is 8.53 Å². The number of hydrogen-bond donors (Lipinski definition) is 0. The summed E-state index contributed by atoms with van der Waals surface area (Å²) >= 11 is 0. The van der Waals surface area contributed by atoms with Crippen LogP contribution in [0.4, 0.5) is 4.20 Å². The van der Waals surface area contributed by atoms with Gasteiger partial charge in [-0.3, -0.25) is 0 Å². The van der Waals surface area contributed by atoms with Gasteiger partial charge in [0.05, 0.1) is 12.1 Å². The molecule has 0 N–H and O–H groups in total. The maximum Gasteiger partial charge on any atom is 0.237 e. The molecule has 4 heteroatoms. The van der Waals surface area contributed by atoms with Crippen molar-refractivity contribution < 1.29 is 4.20 Å². The SMILES string of the molecule is CN1C(c2ccccc2)C(c2ccccc2)N(C)P1F. The molecule has 104 valence electrons. The van der Waals surface area contributed by atoms with E-state index in [1.807, 2.05) is 59.8 Å². The average molecular weight is 288 g/mol. The van der Waals surface area contributed by atoms with Crippen LogP contribution in [0.1, 0.15) is 23.2 Å². The van der Waals surface area contributed by atoms with Gasteiger partial charge in [0.25, 0.3) is 0 Å². The van der Waals surface area contributed by atoms with E-state index >= 15 is 0 Å². The Balaban J connectivity index is 2.05. The molecule has 2 unspecified atom stereocenters. The fourth-order valence-electron chi connectivity index (χ4n) is 2.93. The van der Waals surface area contributed by atoms with Gasteiger partial charge in [-0.2, -0.15) is 4.20 Å². The first kappa shape index (κ1) is 13.7. The van der Waals surface area contributed by atoms with E-state index in [2.05, 4.69) is 24.3 Å². The van der Waals surface area contributed by atoms with Gasteiger partial charge in [-0.05, 0) is 25.2 Å². The molecule has 0 radical (unpaired) electrons. The van der Waals surface area contributed by atoms with Crippen molar-refractivity contribution in [2.24, 2.45) is 0 Å². The van der Waals surface area contributed by atoms with Gasteiger partial charge in [0, 0.05) is 0 Å². The molecule has 1 fully saturated rings. The third-order valence-electron chi connectivity index (χ3n) is 3.91. The minimum absolute atomic E-state index is 0.0553. The number of rotatable bonds is 2. The molecule has 1 aliphatic heterocycles. The molecule has 0 amide bonds. The van der Waals surface area contributed by atoms with Gasteiger partial charge < -0.3 is 0 Å². The third-order valence-corrected chi connectivity index (χ3v) is 5.45. The van der Waals surface area contributed by atoms with Gasteiger partial charge in [0.1, 0.15) is 0 Å². The molecule has 1 saturated heterocycles. The summed E-state index contributed by atoms with van der Waals surface area (Å²) < 4.78 is 18.2. The second-order valence-corrected chi connectivity index (χ2v) is 6.84. The van der Waals surface area contributed by atoms with Crippen LogP contribution in [-0.2, 0) is 0 Å². The van der Waals surface area contributed by atoms with Crippen molar-refractivity contribution in [3.8, 4) is 0 Å². The number of nitrogens with zero attached hydrogens (tertiary/aromatic N) is 2. The van der Waals surface area contributed by atoms with Crippen LogP contribution in [0.3, 0.4) is 0 Å². The molecule has 0 spiro atoms. The number of benzene rings is 2. The molecule has 1 aliphatic rings. The monoisotopic (exact) mass is 288 g/mol. The zero-order chi connectivity index (χ0) is 14.1. The van der Waals surface area contributed by atoms with Crippen LogP contribution >= 0.6 is 8.53 Å². The Morgan fingerprint density at radius 2 is 1.10 bits per heavy atom. The second kappa shape index (κ2) is 5.61. The van der Waals surface area contributed by atoms with E-state index in [9.17, 15) is 4.20 Å². The zero-order valence-corrected chi connectivity index (χ0v) is 12.5. The van der Waals surface area contributed by atoms with Gasteiger partial charge in [0.2, 0.25) is 8.53 Å². The molecule has 0 aliphatic carbocycles. The lowest BCUT2D eigenvalue weighted by atomic mass is 9.93. The first-order valence-electron chi connectivity index (χ1n) is 6.71. The molecule has 0 aromatic heterocycles. The van der Waals surface area contributed by atoms with Crippen molar-refractivity contribution in [3.63, 3.8) is 0 Å². The fraction of sp³-hybridized carbons (Fsp3) is 0.250. The minimum atomic E-state index is -1.75. The standard InChI is InChI=1S/C16H18FN2P/c1-18-15(13-9-5-3-6-10-13)16(19(2)20(18)17)14-11-7-4-8-12-14/h3-12,15-16H,1-2H3. The summed E-state index contributed by atoms with van der Waals surface area (Å²) in [6, 6.07) is 20.5. The summed E-state index contributed by atoms with van der Waals surface area (Å²) in [6.07, 6.45) is 0. The number of likely N-dealkylation sites (N-methyl/N-ethyl adjacent to an activating group) is 2. The normalized spacial score (nSPS) is 27.9. The van der Waals surface area contributed by atoms with Gasteiger partial charge in [-0.25, -0.2) is 9.34 Å². The van der Waals surface area contributed by atoms with Crippen LogP contribution in [0.15, 0.2) is 60.7 Å². The highest BCUT2D eigenvalue weighted by molar-refractivity contribution is 7.47. The average Bonchev–Trinajstić information content (AvgIpc) is 2.73. The first-order valence-corrected chi connectivity index (χ1v) is 7.85. The van der Waals surface area contributed by atoms with Crippen LogP contribution in [0.5, 0.6) is 0 Å². The summed E-state index contributed by atoms with van der Waals surface area (Å²) in [5, 5.41) is 0. The highest BCUT2D eigenvalue weighted by Gasteiger charge is 2.45. The molecule has 0 saturated carbocycles. The Hall–Kier alpha value is -1.28. The fourth-order valence-corrected chi connectivity index (χ4v) is 4.31. The molecule has 3 rings (SSSR count). The largest absolute Gasteiger partial charge is 0.237 e. The van der Waals surface area contributed by atoms with Crippen molar-refractivity contribution >= 4 is 8.53 Å². The lowest BCUT2D eigenvalue weighted by molar-refractivity contribution is 0.316. The van der Waals surface area contributed by atoms with E-state index in [1.54, 1.807) is 0 Å². The summed E-state index contributed by atoms with van der Waals surface area (Å²) in [6.45, 7) is 0.